The highest BCUT2D eigenvalue weighted by molar-refractivity contribution is 6.24. The van der Waals surface area contributed by atoms with Gasteiger partial charge in [-0.2, -0.15) is 0 Å². The van der Waals surface area contributed by atoms with E-state index in [4.69, 9.17) is 9.90 Å². The second-order valence-electron chi connectivity index (χ2n) is 13.0. The van der Waals surface area contributed by atoms with Crippen molar-refractivity contribution in [3.05, 3.63) is 182 Å². The van der Waals surface area contributed by atoms with E-state index in [-0.39, 0.29) is 45.7 Å². The Labute approximate surface area is 305 Å². The summed E-state index contributed by atoms with van der Waals surface area (Å²) >= 11 is 0. The summed E-state index contributed by atoms with van der Waals surface area (Å²) < 4.78 is 79.4. The monoisotopic (exact) mass is 654 g/mol. The Hall–Kier alpha value is -6.70. The molecule has 51 heavy (non-hydrogen) atoms. The summed E-state index contributed by atoms with van der Waals surface area (Å²) in [6.45, 7) is 0. The van der Waals surface area contributed by atoms with Crippen molar-refractivity contribution in [1.29, 1.82) is 0 Å². The van der Waals surface area contributed by atoms with Gasteiger partial charge in [-0.3, -0.25) is 0 Å². The van der Waals surface area contributed by atoms with E-state index in [0.29, 0.717) is 33.4 Å². The summed E-state index contributed by atoms with van der Waals surface area (Å²) in [4.78, 5) is 0. The van der Waals surface area contributed by atoms with Crippen LogP contribution in [0, 0.1) is 0 Å². The van der Waals surface area contributed by atoms with Crippen LogP contribution in [-0.4, -0.2) is 0 Å². The molecule has 0 aliphatic heterocycles. The van der Waals surface area contributed by atoms with Crippen molar-refractivity contribution >= 4 is 75.8 Å². The Morgan fingerprint density at radius 1 is 0.353 bits per heavy atom. The van der Waals surface area contributed by atoms with E-state index in [9.17, 15) is 5.48 Å². The topological polar surface area (TPSA) is 13.1 Å². The van der Waals surface area contributed by atoms with Crippen LogP contribution in [0.2, 0.25) is 0 Å². The van der Waals surface area contributed by atoms with Crippen LogP contribution in [-0.2, 0) is 0 Å². The molecule has 0 unspecified atom stereocenters. The first-order chi connectivity index (χ1) is 28.6. The lowest BCUT2D eigenvalue weighted by Gasteiger charge is -2.18. The second-order valence-corrected chi connectivity index (χ2v) is 13.0. The Bertz CT molecular complexity index is 3560. The average molecular weight is 655 g/mol. The molecule has 10 aromatic carbocycles. The van der Waals surface area contributed by atoms with E-state index in [1.165, 1.54) is 0 Å². The van der Waals surface area contributed by atoms with Crippen LogP contribution in [0.3, 0.4) is 0 Å². The van der Waals surface area contributed by atoms with Crippen LogP contribution in [0.4, 0.5) is 0 Å². The van der Waals surface area contributed by atoms with E-state index in [0.717, 1.165) is 54.2 Å². The molecule has 11 aromatic rings. The van der Waals surface area contributed by atoms with Crippen molar-refractivity contribution in [2.45, 2.75) is 0 Å². The minimum Gasteiger partial charge on any atom is -0.456 e. The first-order valence-corrected chi connectivity index (χ1v) is 16.9. The van der Waals surface area contributed by atoms with Crippen molar-refractivity contribution in [1.82, 2.24) is 0 Å². The first kappa shape index (κ1) is 21.4. The Kier molecular flexibility index (Phi) is 4.57. The number of hydrogen-bond acceptors (Lipinski definition) is 1. The van der Waals surface area contributed by atoms with Gasteiger partial charge in [0.05, 0.1) is 11.0 Å². The van der Waals surface area contributed by atoms with Gasteiger partial charge in [-0.25, -0.2) is 0 Å². The fourth-order valence-corrected chi connectivity index (χ4v) is 8.01. The van der Waals surface area contributed by atoms with Gasteiger partial charge in [0.2, 0.25) is 0 Å². The lowest BCUT2D eigenvalue weighted by atomic mass is 9.85. The molecule has 0 bridgehead atoms. The lowest BCUT2D eigenvalue weighted by Crippen LogP contribution is -1.91. The molecule has 0 fully saturated rings. The van der Waals surface area contributed by atoms with Gasteiger partial charge in [-0.05, 0) is 105 Å². The molecular formula is C50H30O. The molecule has 1 aromatic heterocycles. The van der Waals surface area contributed by atoms with Crippen molar-refractivity contribution in [2.75, 3.05) is 0 Å². The van der Waals surface area contributed by atoms with Gasteiger partial charge in [-0.1, -0.05) is 164 Å². The highest BCUT2D eigenvalue weighted by Gasteiger charge is 2.19. The van der Waals surface area contributed by atoms with Crippen LogP contribution in [0.5, 0.6) is 0 Å². The van der Waals surface area contributed by atoms with E-state index in [2.05, 4.69) is 36.4 Å². The van der Waals surface area contributed by atoms with Crippen molar-refractivity contribution in [3.63, 3.8) is 0 Å². The van der Waals surface area contributed by atoms with E-state index in [1.807, 2.05) is 91.0 Å². The van der Waals surface area contributed by atoms with Crippen LogP contribution in [0.15, 0.2) is 186 Å². The van der Waals surface area contributed by atoms with Gasteiger partial charge in [0.15, 0.2) is 0 Å². The average Bonchev–Trinajstić information content (AvgIpc) is 3.66. The molecule has 236 valence electrons. The van der Waals surface area contributed by atoms with Gasteiger partial charge in [-0.15, -0.1) is 0 Å². The Morgan fingerprint density at radius 2 is 0.902 bits per heavy atom. The molecule has 0 radical (unpaired) electrons. The number of hydrogen-bond donors (Lipinski definition) is 0. The summed E-state index contributed by atoms with van der Waals surface area (Å²) in [5.74, 6) is 0. The van der Waals surface area contributed by atoms with Crippen LogP contribution >= 0.6 is 0 Å². The predicted octanol–water partition coefficient (Wildman–Crippen LogP) is 14.4. The SMILES string of the molecule is [2H]c1c([2H])c([2H])c2c(-c3ccc4oc5ccc6ccccc6c5c4c3)c3c([2H])c([2H])c([2H])c([2H])c3c(-c3ccc(-c4cccc5c4ccc4ccccc45)cc3)c2c1[2H]. The number of benzene rings is 10. The number of furan rings is 1. The molecule has 0 N–H and O–H groups in total. The van der Waals surface area contributed by atoms with Crippen LogP contribution < -0.4 is 0 Å². The molecule has 0 spiro atoms. The minimum absolute atomic E-state index is 0.172. The van der Waals surface area contributed by atoms with Crippen molar-refractivity contribution in [2.24, 2.45) is 0 Å². The predicted molar refractivity (Wildman–Crippen MR) is 218 cm³/mol. The summed E-state index contributed by atoms with van der Waals surface area (Å²) in [5.41, 5.74) is 4.95. The maximum Gasteiger partial charge on any atom is 0.136 e. The van der Waals surface area contributed by atoms with E-state index >= 15 is 0 Å². The summed E-state index contributed by atoms with van der Waals surface area (Å²) in [6.07, 6.45) is 0. The highest BCUT2D eigenvalue weighted by Crippen LogP contribution is 2.46. The first-order valence-electron chi connectivity index (χ1n) is 20.9. The highest BCUT2D eigenvalue weighted by atomic mass is 16.3. The molecule has 11 rings (SSSR count). The maximum absolute atomic E-state index is 9.42. The smallest absolute Gasteiger partial charge is 0.136 e. The molecular weight excluding hydrogens is 617 g/mol. The molecule has 0 saturated carbocycles. The van der Waals surface area contributed by atoms with Crippen LogP contribution in [0.25, 0.3) is 109 Å². The Morgan fingerprint density at radius 3 is 1.63 bits per heavy atom. The molecule has 0 aliphatic rings. The standard InChI is InChI=1S/C50H30O/c1-3-12-36-31(10-1)24-27-40-37(18-9-19-39(36)40)33-20-22-34(23-21-33)48-41-14-5-7-16-43(41)49(44-17-8-6-15-42(44)48)35-26-28-46-45(30-35)50-38-13-4-2-11-32(38)25-29-47(50)51-46/h1-30H/i5D,6D,7D,8D,14D,15D,16D,17D. The van der Waals surface area contributed by atoms with Gasteiger partial charge >= 0.3 is 0 Å². The van der Waals surface area contributed by atoms with E-state index < -0.39 is 24.2 Å². The molecule has 1 nitrogen and oxygen atoms in total. The largest absolute Gasteiger partial charge is 0.456 e. The third kappa shape index (κ3) is 4.22. The minimum atomic E-state index is -0.436. The van der Waals surface area contributed by atoms with Crippen LogP contribution in [0.1, 0.15) is 11.0 Å². The quantitative estimate of drug-likeness (QED) is 0.136. The fraction of sp³-hybridized carbons (Fsp3) is 0. The van der Waals surface area contributed by atoms with E-state index in [1.54, 1.807) is 6.07 Å². The third-order valence-electron chi connectivity index (χ3n) is 10.3. The van der Waals surface area contributed by atoms with Gasteiger partial charge in [0, 0.05) is 10.8 Å². The third-order valence-corrected chi connectivity index (χ3v) is 10.3. The van der Waals surface area contributed by atoms with Gasteiger partial charge in [0.25, 0.3) is 0 Å². The van der Waals surface area contributed by atoms with Gasteiger partial charge in [0.1, 0.15) is 11.2 Å². The fourth-order valence-electron chi connectivity index (χ4n) is 8.01. The molecule has 1 heteroatoms. The Balaban J connectivity index is 1.24. The normalized spacial score (nSPS) is 14.1. The van der Waals surface area contributed by atoms with Crippen molar-refractivity contribution < 1.29 is 15.4 Å². The van der Waals surface area contributed by atoms with Crippen molar-refractivity contribution in [3.8, 4) is 33.4 Å². The summed E-state index contributed by atoms with van der Waals surface area (Å²) in [6, 6.07) is 40.9. The molecule has 0 aliphatic carbocycles. The zero-order valence-electron chi connectivity index (χ0n) is 35.1. The molecule has 0 saturated heterocycles. The summed E-state index contributed by atoms with van der Waals surface area (Å²) in [7, 11) is 0. The number of fused-ring (bicyclic) bond motifs is 10. The molecule has 0 amide bonds. The lowest BCUT2D eigenvalue weighted by molar-refractivity contribution is 0.669. The second kappa shape index (κ2) is 10.9. The van der Waals surface area contributed by atoms with Gasteiger partial charge < -0.3 is 4.42 Å². The number of rotatable bonds is 3. The summed E-state index contributed by atoms with van der Waals surface area (Å²) in [5, 5.41) is 8.87. The zero-order chi connectivity index (χ0) is 40.4. The molecule has 1 heterocycles. The zero-order valence-corrected chi connectivity index (χ0v) is 27.1. The molecule has 0 atom stereocenters. The maximum atomic E-state index is 9.42.